The number of carbonyl (C=O) groups is 1. The highest BCUT2D eigenvalue weighted by Gasteiger charge is 2.28. The Hall–Kier alpha value is -1.71. The lowest BCUT2D eigenvalue weighted by Gasteiger charge is -2.35. The van der Waals surface area contributed by atoms with E-state index in [1.54, 1.807) is 29.2 Å². The van der Waals surface area contributed by atoms with Crippen molar-refractivity contribution in [3.63, 3.8) is 0 Å². The van der Waals surface area contributed by atoms with E-state index in [-0.39, 0.29) is 12.1 Å². The summed E-state index contributed by atoms with van der Waals surface area (Å²) in [6, 6.07) is 4.80. The molecule has 1 aromatic rings. The first-order chi connectivity index (χ1) is 10.5. The van der Waals surface area contributed by atoms with Gasteiger partial charge < -0.3 is 10.2 Å². The van der Waals surface area contributed by atoms with Crippen molar-refractivity contribution in [1.82, 2.24) is 4.90 Å². The summed E-state index contributed by atoms with van der Waals surface area (Å²) in [4.78, 5) is 14.3. The zero-order chi connectivity index (χ0) is 16.3. The number of benzene rings is 1. The van der Waals surface area contributed by atoms with Gasteiger partial charge in [-0.05, 0) is 36.6 Å². The Morgan fingerprint density at radius 2 is 1.95 bits per heavy atom. The fourth-order valence-electron chi connectivity index (χ4n) is 2.61. The normalized spacial score (nSPS) is 18.1. The minimum absolute atomic E-state index is 0.0829. The molecule has 5 heteroatoms. The molecule has 0 bridgehead atoms. The molecule has 1 aromatic carbocycles. The maximum atomic E-state index is 12.6. The van der Waals surface area contributed by atoms with Gasteiger partial charge in [0, 0.05) is 6.54 Å². The van der Waals surface area contributed by atoms with E-state index in [9.17, 15) is 4.79 Å². The average molecular weight is 337 g/mol. The minimum atomic E-state index is -0.232. The number of halogens is 2. The Kier molecular flexibility index (Phi) is 5.33. The molecule has 1 unspecified atom stereocenters. The molecule has 1 atom stereocenters. The Balaban J connectivity index is 2.23. The highest BCUT2D eigenvalue weighted by molar-refractivity contribution is 6.39. The predicted molar refractivity (Wildman–Crippen MR) is 93.7 cm³/mol. The van der Waals surface area contributed by atoms with Gasteiger partial charge in [-0.25, -0.2) is 4.79 Å². The van der Waals surface area contributed by atoms with Gasteiger partial charge in [-0.2, -0.15) is 0 Å². The second-order valence-electron chi connectivity index (χ2n) is 5.04. The van der Waals surface area contributed by atoms with Crippen LogP contribution < -0.4 is 5.32 Å². The molecule has 0 spiro atoms. The predicted octanol–water partition coefficient (Wildman–Crippen LogP) is 5.29. The largest absolute Gasteiger partial charge is 0.322 e. The number of allylic oxidation sites excluding steroid dienone is 1. The number of carbonyl (C=O) groups excluding carboxylic acids is 1. The number of amides is 2. The first kappa shape index (κ1) is 16.7. The molecule has 0 saturated heterocycles. The summed E-state index contributed by atoms with van der Waals surface area (Å²) in [7, 11) is 0. The van der Waals surface area contributed by atoms with Crippen LogP contribution in [0.3, 0.4) is 0 Å². The summed E-state index contributed by atoms with van der Waals surface area (Å²) < 4.78 is 0. The highest BCUT2D eigenvalue weighted by atomic mass is 35.5. The molecule has 2 amide bonds. The number of urea groups is 1. The SMILES string of the molecule is C=CC1=C(C=C)C(C)N(C(=O)Nc2c(Cl)cccc2Cl)CC1. The van der Waals surface area contributed by atoms with Crippen molar-refractivity contribution in [2.75, 3.05) is 11.9 Å². The molecule has 1 N–H and O–H groups in total. The van der Waals surface area contributed by atoms with Crippen molar-refractivity contribution >= 4 is 34.9 Å². The Morgan fingerprint density at radius 1 is 1.32 bits per heavy atom. The van der Waals surface area contributed by atoms with E-state index in [4.69, 9.17) is 23.2 Å². The fourth-order valence-corrected chi connectivity index (χ4v) is 3.10. The standard InChI is InChI=1S/C17H18Cl2N2O/c1-4-12-9-10-21(11(3)13(12)5-2)17(22)20-16-14(18)7-6-8-15(16)19/h4-8,11H,1-2,9-10H2,3H3,(H,20,22). The van der Waals surface area contributed by atoms with Gasteiger partial charge in [0.05, 0.1) is 21.8 Å². The van der Waals surface area contributed by atoms with Crippen LogP contribution in [-0.2, 0) is 0 Å². The van der Waals surface area contributed by atoms with Gasteiger partial charge in [0.2, 0.25) is 0 Å². The van der Waals surface area contributed by atoms with E-state index < -0.39 is 0 Å². The Bertz CT molecular complexity index is 632. The second kappa shape index (κ2) is 7.03. The lowest BCUT2D eigenvalue weighted by Crippen LogP contribution is -2.45. The van der Waals surface area contributed by atoms with Gasteiger partial charge in [-0.3, -0.25) is 0 Å². The van der Waals surface area contributed by atoms with Crippen LogP contribution >= 0.6 is 23.2 Å². The quantitative estimate of drug-likeness (QED) is 0.799. The van der Waals surface area contributed by atoms with Crippen LogP contribution in [0, 0.1) is 0 Å². The first-order valence-electron chi connectivity index (χ1n) is 6.99. The van der Waals surface area contributed by atoms with Gasteiger partial charge in [-0.1, -0.05) is 54.6 Å². The second-order valence-corrected chi connectivity index (χ2v) is 5.85. The molecule has 3 nitrogen and oxygen atoms in total. The van der Waals surface area contributed by atoms with Gasteiger partial charge in [0.25, 0.3) is 0 Å². The molecule has 0 fully saturated rings. The molecule has 116 valence electrons. The zero-order valence-electron chi connectivity index (χ0n) is 12.4. The van der Waals surface area contributed by atoms with Crippen molar-refractivity contribution in [2.24, 2.45) is 0 Å². The van der Waals surface area contributed by atoms with E-state index in [0.717, 1.165) is 17.6 Å². The number of nitrogens with one attached hydrogen (secondary N) is 1. The van der Waals surface area contributed by atoms with Crippen LogP contribution in [0.1, 0.15) is 13.3 Å². The van der Waals surface area contributed by atoms with Crippen LogP contribution in [-0.4, -0.2) is 23.5 Å². The average Bonchev–Trinajstić information content (AvgIpc) is 2.50. The van der Waals surface area contributed by atoms with Gasteiger partial charge in [-0.15, -0.1) is 0 Å². The molecule has 0 saturated carbocycles. The summed E-state index contributed by atoms with van der Waals surface area (Å²) in [6.45, 7) is 10.2. The van der Waals surface area contributed by atoms with Crippen LogP contribution in [0.4, 0.5) is 10.5 Å². The number of nitrogens with zero attached hydrogens (tertiary/aromatic N) is 1. The van der Waals surface area contributed by atoms with Crippen LogP contribution in [0.2, 0.25) is 10.0 Å². The van der Waals surface area contributed by atoms with Crippen molar-refractivity contribution in [1.29, 1.82) is 0 Å². The fraction of sp³-hybridized carbons (Fsp3) is 0.235. The Morgan fingerprint density at radius 3 is 2.50 bits per heavy atom. The maximum absolute atomic E-state index is 12.6. The van der Waals surface area contributed by atoms with E-state index >= 15 is 0 Å². The van der Waals surface area contributed by atoms with Crippen molar-refractivity contribution < 1.29 is 4.79 Å². The third kappa shape index (κ3) is 3.21. The third-order valence-electron chi connectivity index (χ3n) is 3.83. The van der Waals surface area contributed by atoms with Crippen LogP contribution in [0.5, 0.6) is 0 Å². The van der Waals surface area contributed by atoms with Gasteiger partial charge in [0.15, 0.2) is 0 Å². The smallest absolute Gasteiger partial charge is 0.317 e. The summed E-state index contributed by atoms with van der Waals surface area (Å²) in [5.74, 6) is 0. The first-order valence-corrected chi connectivity index (χ1v) is 7.74. The number of para-hydroxylation sites is 1. The zero-order valence-corrected chi connectivity index (χ0v) is 13.9. The molecule has 1 heterocycles. The maximum Gasteiger partial charge on any atom is 0.322 e. The number of anilines is 1. The lowest BCUT2D eigenvalue weighted by atomic mass is 9.94. The molecule has 0 aliphatic carbocycles. The minimum Gasteiger partial charge on any atom is -0.317 e. The molecule has 1 aliphatic heterocycles. The molecule has 22 heavy (non-hydrogen) atoms. The van der Waals surface area contributed by atoms with Crippen molar-refractivity contribution in [2.45, 2.75) is 19.4 Å². The summed E-state index contributed by atoms with van der Waals surface area (Å²) in [6.07, 6.45) is 4.36. The summed E-state index contributed by atoms with van der Waals surface area (Å²) in [5, 5.41) is 3.62. The van der Waals surface area contributed by atoms with Gasteiger partial charge >= 0.3 is 6.03 Å². The van der Waals surface area contributed by atoms with Gasteiger partial charge in [0.1, 0.15) is 0 Å². The van der Waals surface area contributed by atoms with E-state index in [0.29, 0.717) is 22.3 Å². The number of hydrogen-bond acceptors (Lipinski definition) is 1. The van der Waals surface area contributed by atoms with Crippen molar-refractivity contribution in [3.05, 3.63) is 64.7 Å². The summed E-state index contributed by atoms with van der Waals surface area (Å²) in [5.41, 5.74) is 2.57. The Labute approximate surface area is 140 Å². The van der Waals surface area contributed by atoms with Crippen molar-refractivity contribution in [3.8, 4) is 0 Å². The van der Waals surface area contributed by atoms with Crippen LogP contribution in [0.15, 0.2) is 54.7 Å². The van der Waals surface area contributed by atoms with Crippen LogP contribution in [0.25, 0.3) is 0 Å². The molecule has 0 aromatic heterocycles. The molecular formula is C17H18Cl2N2O. The molecule has 2 rings (SSSR count). The molecular weight excluding hydrogens is 319 g/mol. The number of rotatable bonds is 3. The summed E-state index contributed by atoms with van der Waals surface area (Å²) >= 11 is 12.2. The third-order valence-corrected chi connectivity index (χ3v) is 4.46. The van der Waals surface area contributed by atoms with E-state index in [1.165, 1.54) is 0 Å². The lowest BCUT2D eigenvalue weighted by molar-refractivity contribution is 0.198. The van der Waals surface area contributed by atoms with E-state index in [1.807, 2.05) is 13.0 Å². The highest BCUT2D eigenvalue weighted by Crippen LogP contribution is 2.31. The molecule has 0 radical (unpaired) electrons. The van der Waals surface area contributed by atoms with E-state index in [2.05, 4.69) is 18.5 Å². The molecule has 1 aliphatic rings. The number of hydrogen-bond donors (Lipinski definition) is 1. The topological polar surface area (TPSA) is 32.3 Å². The monoisotopic (exact) mass is 336 g/mol.